The van der Waals surface area contributed by atoms with Gasteiger partial charge >= 0.3 is 0 Å². The van der Waals surface area contributed by atoms with E-state index in [4.69, 9.17) is 0 Å². The Labute approximate surface area is 71.8 Å². The molecular weight excluding hydrogens is 188 g/mol. The molecule has 0 spiro atoms. The summed E-state index contributed by atoms with van der Waals surface area (Å²) in [6, 6.07) is 0. The molecule has 1 saturated carbocycles. The highest BCUT2D eigenvalue weighted by molar-refractivity contribution is 9.09. The molecule has 0 N–H and O–H groups in total. The average Bonchev–Trinajstić information content (AvgIpc) is 2.49. The first-order valence-electron chi connectivity index (χ1n) is 4.10. The first-order chi connectivity index (χ1) is 4.86. The van der Waals surface area contributed by atoms with E-state index in [1.807, 2.05) is 6.92 Å². The fourth-order valence-electron chi connectivity index (χ4n) is 1.68. The second-order valence-corrected chi connectivity index (χ2v) is 4.10. The number of allylic oxidation sites excluding steroid dienone is 2. The summed E-state index contributed by atoms with van der Waals surface area (Å²) in [6.07, 6.45) is 8.18. The first kappa shape index (κ1) is 8.32. The molecule has 2 rings (SSSR count). The van der Waals surface area contributed by atoms with Crippen LogP contribution < -0.4 is 0 Å². The third kappa shape index (κ3) is 2.12. The Bertz CT molecular complexity index is 127. The van der Waals surface area contributed by atoms with Crippen LogP contribution in [0.4, 0.5) is 0 Å². The lowest BCUT2D eigenvalue weighted by molar-refractivity contribution is 0.576. The molecule has 0 saturated heterocycles. The van der Waals surface area contributed by atoms with E-state index in [-0.39, 0.29) is 0 Å². The van der Waals surface area contributed by atoms with E-state index in [0.29, 0.717) is 0 Å². The molecule has 0 radical (unpaired) electrons. The maximum absolute atomic E-state index is 3.15. The van der Waals surface area contributed by atoms with Gasteiger partial charge in [-0.1, -0.05) is 34.5 Å². The minimum absolute atomic E-state index is 1.06. The van der Waals surface area contributed by atoms with Gasteiger partial charge in [-0.25, -0.2) is 0 Å². The van der Waals surface area contributed by atoms with Crippen molar-refractivity contribution in [3.63, 3.8) is 0 Å². The van der Waals surface area contributed by atoms with Crippen molar-refractivity contribution >= 4 is 15.9 Å². The van der Waals surface area contributed by atoms with Gasteiger partial charge in [0.25, 0.3) is 0 Å². The molecule has 0 aromatic heterocycles. The van der Waals surface area contributed by atoms with Crippen LogP contribution in [0.1, 0.15) is 32.6 Å². The normalized spacial score (nSPS) is 27.4. The molecule has 58 valence electrons. The van der Waals surface area contributed by atoms with Crippen molar-refractivity contribution in [3.05, 3.63) is 11.6 Å². The molecule has 10 heavy (non-hydrogen) atoms. The molecule has 0 heterocycles. The Morgan fingerprint density at radius 2 is 2.40 bits per heavy atom. The summed E-state index contributed by atoms with van der Waals surface area (Å²) in [5.41, 5.74) is 1.74. The molecule has 0 aromatic rings. The molecule has 2 aliphatic carbocycles. The van der Waals surface area contributed by atoms with Crippen LogP contribution in [0, 0.1) is 5.92 Å². The van der Waals surface area contributed by atoms with Gasteiger partial charge in [0.2, 0.25) is 0 Å². The Kier molecular flexibility index (Phi) is 3.47. The lowest BCUT2D eigenvalue weighted by Gasteiger charge is -1.98. The molecule has 2 bridgehead atoms. The van der Waals surface area contributed by atoms with Crippen LogP contribution in [0.2, 0.25) is 0 Å². The Morgan fingerprint density at radius 1 is 1.70 bits per heavy atom. The number of hydrogen-bond acceptors (Lipinski definition) is 0. The minimum atomic E-state index is 1.06. The lowest BCUT2D eigenvalue weighted by atomic mass is 10.1. The van der Waals surface area contributed by atoms with E-state index < -0.39 is 0 Å². The first-order valence-corrected chi connectivity index (χ1v) is 5.22. The monoisotopic (exact) mass is 202 g/mol. The number of fused-ring (bicyclic) bond motifs is 2. The molecule has 0 amide bonds. The lowest BCUT2D eigenvalue weighted by Crippen LogP contribution is -1.85. The molecule has 1 unspecified atom stereocenters. The van der Waals surface area contributed by atoms with Crippen LogP contribution in [0.25, 0.3) is 0 Å². The predicted molar refractivity (Wildman–Crippen MR) is 49.5 cm³/mol. The van der Waals surface area contributed by atoms with E-state index in [1.165, 1.54) is 25.7 Å². The molecule has 2 aliphatic rings. The van der Waals surface area contributed by atoms with Crippen LogP contribution >= 0.6 is 15.9 Å². The van der Waals surface area contributed by atoms with Gasteiger partial charge in [-0.2, -0.15) is 0 Å². The summed E-state index contributed by atoms with van der Waals surface area (Å²) in [7, 11) is 0. The van der Waals surface area contributed by atoms with Crippen molar-refractivity contribution in [2.45, 2.75) is 32.6 Å². The number of rotatable bonds is 0. The maximum atomic E-state index is 3.15. The van der Waals surface area contributed by atoms with Crippen LogP contribution in [-0.4, -0.2) is 5.33 Å². The second-order valence-electron chi connectivity index (χ2n) is 2.97. The standard InChI is InChI=1S/C7H10.C2H5Br/c1-2-7-4-3-6(1)5-7;1-2-3/h1,7H,2-5H2;2H2,1H3. The van der Waals surface area contributed by atoms with Crippen molar-refractivity contribution in [2.24, 2.45) is 5.92 Å². The quantitative estimate of drug-likeness (QED) is 0.417. The highest BCUT2D eigenvalue weighted by atomic mass is 79.9. The molecule has 1 atom stereocenters. The number of halogens is 1. The zero-order valence-corrected chi connectivity index (χ0v) is 8.15. The average molecular weight is 203 g/mol. The molecule has 1 fully saturated rings. The topological polar surface area (TPSA) is 0 Å². The van der Waals surface area contributed by atoms with Gasteiger partial charge in [-0.15, -0.1) is 0 Å². The Balaban J connectivity index is 0.000000148. The molecule has 0 aromatic carbocycles. The van der Waals surface area contributed by atoms with Crippen molar-refractivity contribution < 1.29 is 0 Å². The SMILES string of the molecule is C1=C2CCC(C1)C2.CCBr. The van der Waals surface area contributed by atoms with E-state index in [2.05, 4.69) is 22.0 Å². The Hall–Kier alpha value is 0.220. The fourth-order valence-corrected chi connectivity index (χ4v) is 1.68. The van der Waals surface area contributed by atoms with Crippen LogP contribution in [0.3, 0.4) is 0 Å². The maximum Gasteiger partial charge on any atom is 0.000281 e. The van der Waals surface area contributed by atoms with E-state index in [1.54, 1.807) is 5.57 Å². The van der Waals surface area contributed by atoms with Crippen molar-refractivity contribution in [1.82, 2.24) is 0 Å². The molecular formula is C9H15Br. The van der Waals surface area contributed by atoms with E-state index in [9.17, 15) is 0 Å². The van der Waals surface area contributed by atoms with Gasteiger partial charge in [-0.3, -0.25) is 0 Å². The van der Waals surface area contributed by atoms with Gasteiger partial charge in [0.05, 0.1) is 0 Å². The highest BCUT2D eigenvalue weighted by Gasteiger charge is 2.22. The van der Waals surface area contributed by atoms with Gasteiger partial charge in [0.15, 0.2) is 0 Å². The molecule has 0 aliphatic heterocycles. The van der Waals surface area contributed by atoms with E-state index in [0.717, 1.165) is 11.2 Å². The molecule has 0 nitrogen and oxygen atoms in total. The minimum Gasteiger partial charge on any atom is -0.0931 e. The summed E-state index contributed by atoms with van der Waals surface area (Å²) >= 11 is 3.15. The summed E-state index contributed by atoms with van der Waals surface area (Å²) < 4.78 is 0. The van der Waals surface area contributed by atoms with E-state index >= 15 is 0 Å². The number of hydrogen-bond donors (Lipinski definition) is 0. The van der Waals surface area contributed by atoms with Gasteiger partial charge in [0.1, 0.15) is 0 Å². The van der Waals surface area contributed by atoms with Gasteiger partial charge in [0, 0.05) is 5.33 Å². The summed E-state index contributed by atoms with van der Waals surface area (Å²) in [4.78, 5) is 0. The fraction of sp³-hybridized carbons (Fsp3) is 0.778. The number of alkyl halides is 1. The van der Waals surface area contributed by atoms with Crippen molar-refractivity contribution in [2.75, 3.05) is 5.33 Å². The second kappa shape index (κ2) is 4.17. The van der Waals surface area contributed by atoms with Gasteiger partial charge < -0.3 is 0 Å². The van der Waals surface area contributed by atoms with Crippen molar-refractivity contribution in [1.29, 1.82) is 0 Å². The predicted octanol–water partition coefficient (Wildman–Crippen LogP) is 3.52. The van der Waals surface area contributed by atoms with Crippen LogP contribution in [0.5, 0.6) is 0 Å². The summed E-state index contributed by atoms with van der Waals surface area (Å²) in [6.45, 7) is 2.04. The smallest absolute Gasteiger partial charge is 0.000281 e. The zero-order valence-electron chi connectivity index (χ0n) is 6.57. The van der Waals surface area contributed by atoms with Crippen LogP contribution in [-0.2, 0) is 0 Å². The third-order valence-electron chi connectivity index (χ3n) is 2.16. The van der Waals surface area contributed by atoms with Crippen molar-refractivity contribution in [3.8, 4) is 0 Å². The molecule has 1 heteroatoms. The largest absolute Gasteiger partial charge is 0.0931 e. The highest BCUT2D eigenvalue weighted by Crippen LogP contribution is 2.38. The zero-order chi connectivity index (χ0) is 7.40. The summed E-state index contributed by atoms with van der Waals surface area (Å²) in [5.74, 6) is 1.08. The van der Waals surface area contributed by atoms with Gasteiger partial charge in [-0.05, 0) is 31.6 Å². The third-order valence-corrected chi connectivity index (χ3v) is 2.16. The Morgan fingerprint density at radius 3 is 2.50 bits per heavy atom. The van der Waals surface area contributed by atoms with Crippen LogP contribution in [0.15, 0.2) is 11.6 Å². The summed E-state index contributed by atoms with van der Waals surface area (Å²) in [5, 5.41) is 1.06.